The quantitative estimate of drug-likeness (QED) is 0.381. The zero-order chi connectivity index (χ0) is 26.7. The number of benzene rings is 2. The average Bonchev–Trinajstić information content (AvgIpc) is 3.43. The first-order valence-corrected chi connectivity index (χ1v) is 12.2. The fourth-order valence-electron chi connectivity index (χ4n) is 4.45. The van der Waals surface area contributed by atoms with Crippen LogP contribution in [0.15, 0.2) is 58.2 Å². The zero-order valence-electron chi connectivity index (χ0n) is 21.7. The fourth-order valence-corrected chi connectivity index (χ4v) is 4.45. The minimum absolute atomic E-state index is 0.00396. The average molecular weight is 509 g/mol. The minimum atomic E-state index is -0.843. The van der Waals surface area contributed by atoms with Crippen molar-refractivity contribution in [1.29, 1.82) is 0 Å². The van der Waals surface area contributed by atoms with E-state index < -0.39 is 23.5 Å². The number of Topliss-reactive ketones (excluding diaryl/α,β-unsaturated/α-hetero) is 1. The number of amides is 1. The summed E-state index contributed by atoms with van der Waals surface area (Å²) < 4.78 is 22.7. The predicted octanol–water partition coefficient (Wildman–Crippen LogP) is 4.38. The summed E-state index contributed by atoms with van der Waals surface area (Å²) in [5, 5.41) is 11.6. The summed E-state index contributed by atoms with van der Waals surface area (Å²) in [6, 6.07) is 11.4. The van der Waals surface area contributed by atoms with Crippen LogP contribution in [-0.4, -0.2) is 74.1 Å². The molecule has 1 aromatic heterocycles. The molecule has 9 heteroatoms. The number of methoxy groups -OCH3 is 1. The second kappa shape index (κ2) is 11.0. The third-order valence-electron chi connectivity index (χ3n) is 6.17. The first-order valence-electron chi connectivity index (χ1n) is 12.2. The molecule has 9 nitrogen and oxygen atoms in total. The summed E-state index contributed by atoms with van der Waals surface area (Å²) in [6.45, 7) is 5.43. The highest BCUT2D eigenvalue weighted by atomic mass is 16.5. The number of furan rings is 1. The normalized spacial score (nSPS) is 15.7. The van der Waals surface area contributed by atoms with E-state index in [-0.39, 0.29) is 11.3 Å². The van der Waals surface area contributed by atoms with Gasteiger partial charge >= 0.3 is 0 Å². The zero-order valence-corrected chi connectivity index (χ0v) is 21.7. The van der Waals surface area contributed by atoms with Crippen LogP contribution in [0.1, 0.15) is 36.0 Å². The maximum atomic E-state index is 13.8. The Bertz CT molecular complexity index is 1340. The van der Waals surface area contributed by atoms with Crippen molar-refractivity contribution in [3.8, 4) is 17.2 Å². The van der Waals surface area contributed by atoms with Crippen molar-refractivity contribution in [2.75, 3.05) is 47.5 Å². The van der Waals surface area contributed by atoms with E-state index in [0.717, 1.165) is 0 Å². The number of hydrogen-bond acceptors (Lipinski definition) is 8. The molecule has 0 radical (unpaired) electrons. The van der Waals surface area contributed by atoms with Gasteiger partial charge in [0, 0.05) is 18.5 Å². The lowest BCUT2D eigenvalue weighted by Gasteiger charge is -2.28. The number of fused-ring (bicyclic) bond motifs is 1. The number of likely N-dealkylation sites (N-methyl/N-ethyl adjacent to an activating group) is 1. The molecule has 2 heterocycles. The maximum Gasteiger partial charge on any atom is 0.290 e. The number of carbonyl (C=O) groups excluding carboxylic acids is 2. The van der Waals surface area contributed by atoms with Gasteiger partial charge in [0.05, 0.1) is 31.9 Å². The first-order chi connectivity index (χ1) is 17.8. The van der Waals surface area contributed by atoms with E-state index in [1.165, 1.54) is 12.0 Å². The lowest BCUT2D eigenvalue weighted by atomic mass is 9.94. The highest BCUT2D eigenvalue weighted by Gasteiger charge is 2.44. The number of nitrogens with zero attached hydrogens (tertiary/aromatic N) is 2. The van der Waals surface area contributed by atoms with Gasteiger partial charge in [-0.1, -0.05) is 18.2 Å². The van der Waals surface area contributed by atoms with Crippen molar-refractivity contribution in [3.63, 3.8) is 0 Å². The molecule has 196 valence electrons. The van der Waals surface area contributed by atoms with E-state index in [2.05, 4.69) is 0 Å². The molecule has 1 aliphatic rings. The van der Waals surface area contributed by atoms with E-state index in [4.69, 9.17) is 18.6 Å². The minimum Gasteiger partial charge on any atom is -0.503 e. The van der Waals surface area contributed by atoms with E-state index >= 15 is 0 Å². The number of ether oxygens (including phenoxy) is 3. The molecular formula is C28H32N2O7. The maximum absolute atomic E-state index is 13.8. The van der Waals surface area contributed by atoms with Crippen LogP contribution < -0.4 is 14.2 Å². The van der Waals surface area contributed by atoms with Crippen molar-refractivity contribution in [2.24, 2.45) is 0 Å². The van der Waals surface area contributed by atoms with Gasteiger partial charge < -0.3 is 33.5 Å². The molecule has 0 spiro atoms. The fraction of sp³-hybridized carbons (Fsp3) is 0.357. The number of carbonyl (C=O) groups is 2. The van der Waals surface area contributed by atoms with E-state index in [0.29, 0.717) is 60.1 Å². The Balaban J connectivity index is 1.82. The van der Waals surface area contributed by atoms with Crippen LogP contribution in [0.4, 0.5) is 0 Å². The Labute approximate surface area is 215 Å². The Hall–Kier alpha value is -3.98. The number of hydrogen-bond donors (Lipinski definition) is 1. The summed E-state index contributed by atoms with van der Waals surface area (Å²) in [7, 11) is 5.30. The van der Waals surface area contributed by atoms with Gasteiger partial charge in [-0.25, -0.2) is 0 Å². The molecule has 0 aliphatic carbocycles. The molecule has 3 aromatic rings. The molecule has 37 heavy (non-hydrogen) atoms. The summed E-state index contributed by atoms with van der Waals surface area (Å²) >= 11 is 0. The summed E-state index contributed by atoms with van der Waals surface area (Å²) in [4.78, 5) is 30.5. The van der Waals surface area contributed by atoms with Crippen molar-refractivity contribution in [1.82, 2.24) is 9.80 Å². The molecule has 1 atom stereocenters. The topological polar surface area (TPSA) is 102 Å². The van der Waals surface area contributed by atoms with Gasteiger partial charge in [0.2, 0.25) is 5.78 Å². The number of ketones is 1. The van der Waals surface area contributed by atoms with Gasteiger partial charge in [0.25, 0.3) is 5.91 Å². The molecular weight excluding hydrogens is 476 g/mol. The van der Waals surface area contributed by atoms with Crippen LogP contribution in [0, 0.1) is 0 Å². The van der Waals surface area contributed by atoms with Crippen molar-refractivity contribution < 1.29 is 33.3 Å². The van der Waals surface area contributed by atoms with E-state index in [9.17, 15) is 14.7 Å². The molecule has 1 unspecified atom stereocenters. The second-order valence-corrected chi connectivity index (χ2v) is 8.86. The van der Waals surface area contributed by atoms with Crippen molar-refractivity contribution >= 4 is 22.7 Å². The number of rotatable bonds is 11. The van der Waals surface area contributed by atoms with Crippen LogP contribution in [0.25, 0.3) is 11.0 Å². The SMILES string of the molecule is CCOc1ccc(C2C(C(=O)c3cc4cccc(OC)c4o3)=C(O)C(=O)N2CCN(C)C)cc1OCC. The summed E-state index contributed by atoms with van der Waals surface area (Å²) in [5.74, 6) is -0.244. The molecule has 0 fully saturated rings. The second-order valence-electron chi connectivity index (χ2n) is 8.86. The lowest BCUT2D eigenvalue weighted by Crippen LogP contribution is -2.36. The van der Waals surface area contributed by atoms with Crippen molar-refractivity contribution in [3.05, 3.63) is 65.1 Å². The Morgan fingerprint density at radius 1 is 1.05 bits per heavy atom. The third-order valence-corrected chi connectivity index (χ3v) is 6.17. The van der Waals surface area contributed by atoms with Gasteiger partial charge in [0.15, 0.2) is 34.4 Å². The highest BCUT2D eigenvalue weighted by Crippen LogP contribution is 2.42. The Kier molecular flexibility index (Phi) is 7.73. The van der Waals surface area contributed by atoms with Gasteiger partial charge in [-0.05, 0) is 57.8 Å². The Morgan fingerprint density at radius 3 is 2.46 bits per heavy atom. The van der Waals surface area contributed by atoms with Crippen LogP contribution >= 0.6 is 0 Å². The third kappa shape index (κ3) is 4.99. The monoisotopic (exact) mass is 508 g/mol. The number of aliphatic hydroxyl groups excluding tert-OH is 1. The standard InChI is InChI=1S/C28H32N2O7/c1-6-35-19-12-11-17(15-21(19)36-7-2)24-23(26(32)28(33)30(24)14-13-29(3)4)25(31)22-16-18-9-8-10-20(34-5)27(18)37-22/h8-12,15-16,24,32H,6-7,13-14H2,1-5H3. The Morgan fingerprint density at radius 2 is 1.78 bits per heavy atom. The molecule has 0 saturated carbocycles. The van der Waals surface area contributed by atoms with Crippen LogP contribution in [0.2, 0.25) is 0 Å². The predicted molar refractivity (Wildman–Crippen MR) is 139 cm³/mol. The highest BCUT2D eigenvalue weighted by molar-refractivity contribution is 6.16. The van der Waals surface area contributed by atoms with E-state index in [1.54, 1.807) is 42.5 Å². The smallest absolute Gasteiger partial charge is 0.290 e. The van der Waals surface area contributed by atoms with Crippen LogP contribution in [0.3, 0.4) is 0 Å². The molecule has 0 saturated heterocycles. The molecule has 1 N–H and O–H groups in total. The van der Waals surface area contributed by atoms with Gasteiger partial charge in [-0.2, -0.15) is 0 Å². The molecule has 2 aromatic carbocycles. The lowest BCUT2D eigenvalue weighted by molar-refractivity contribution is -0.129. The molecule has 4 rings (SSSR count). The largest absolute Gasteiger partial charge is 0.503 e. The summed E-state index contributed by atoms with van der Waals surface area (Å²) in [5.41, 5.74) is 0.979. The first kappa shape index (κ1) is 26.1. The molecule has 0 bridgehead atoms. The molecule has 1 amide bonds. The van der Waals surface area contributed by atoms with Gasteiger partial charge in [-0.3, -0.25) is 9.59 Å². The van der Waals surface area contributed by atoms with Crippen LogP contribution in [-0.2, 0) is 4.79 Å². The molecule has 1 aliphatic heterocycles. The number of aliphatic hydroxyl groups is 1. The van der Waals surface area contributed by atoms with E-state index in [1.807, 2.05) is 32.8 Å². The van der Waals surface area contributed by atoms with Crippen LogP contribution in [0.5, 0.6) is 17.2 Å². The van der Waals surface area contributed by atoms with Crippen molar-refractivity contribution in [2.45, 2.75) is 19.9 Å². The number of para-hydroxylation sites is 1. The summed E-state index contributed by atoms with van der Waals surface area (Å²) in [6.07, 6.45) is 0. The van der Waals surface area contributed by atoms with Gasteiger partial charge in [-0.15, -0.1) is 0 Å². The van der Waals surface area contributed by atoms with Gasteiger partial charge in [0.1, 0.15) is 0 Å².